The lowest BCUT2D eigenvalue weighted by molar-refractivity contribution is -0.141. The van der Waals surface area contributed by atoms with Crippen LogP contribution in [0.3, 0.4) is 0 Å². The second kappa shape index (κ2) is 55.4. The molecule has 764 valence electrons. The molecule has 3 unspecified atom stereocenters. The lowest BCUT2D eigenvalue weighted by Gasteiger charge is -2.34. The Bertz CT molecular complexity index is 5020. The van der Waals surface area contributed by atoms with Crippen molar-refractivity contribution in [2.75, 3.05) is 6.54 Å². The Morgan fingerprint density at radius 1 is 0.540 bits per heavy atom. The fourth-order valence-corrected chi connectivity index (χ4v) is 15.3. The molecule has 4 aromatic rings. The molecule has 2 heterocycles. The van der Waals surface area contributed by atoms with Crippen molar-refractivity contribution in [3.05, 3.63) is 114 Å². The second-order valence-corrected chi connectivity index (χ2v) is 37.7. The minimum atomic E-state index is -2.08. The number of hydrazine groups is 1. The molecule has 1 aromatic heterocycles. The molecule has 0 saturated carbocycles. The molecule has 0 radical (unpaired) electrons. The molecule has 1 aliphatic rings. The summed E-state index contributed by atoms with van der Waals surface area (Å²) in [6, 6.07) is 1.11. The molecule has 42 heteroatoms. The number of H-pyrrole nitrogens is 1. The van der Waals surface area contributed by atoms with Crippen molar-refractivity contribution >= 4 is 129 Å². The number of phenols is 1. The molecule has 0 spiro atoms. The number of carbonyl (C=O) groups is 20. The van der Waals surface area contributed by atoms with Crippen molar-refractivity contribution in [2.45, 2.75) is 328 Å². The van der Waals surface area contributed by atoms with Gasteiger partial charge in [0.05, 0.1) is 36.2 Å². The smallest absolute Gasteiger partial charge is 0.303 e. The van der Waals surface area contributed by atoms with E-state index in [0.29, 0.717) is 59.7 Å². The van der Waals surface area contributed by atoms with Gasteiger partial charge < -0.3 is 106 Å². The normalized spacial score (nSPS) is 21.8. The molecular weight excluding hydrogens is 1800 g/mol. The number of aromatic nitrogens is 1. The highest BCUT2D eigenvalue weighted by atomic mass is 16.4. The Balaban J connectivity index is 1.59. The number of nitrogens with one attached hydrogen (secondary N) is 17. The summed E-state index contributed by atoms with van der Waals surface area (Å²) < 4.78 is 0. The molecule has 0 saturated heterocycles. The Hall–Kier alpha value is -13.2. The molecule has 17 atom stereocenters. The Morgan fingerprint density at radius 3 is 1.72 bits per heavy atom. The monoisotopic (exact) mass is 1940 g/mol. The highest BCUT2D eigenvalue weighted by Gasteiger charge is 2.44. The number of benzene rings is 3. The number of amides is 15. The zero-order valence-corrected chi connectivity index (χ0v) is 82.1. The van der Waals surface area contributed by atoms with E-state index >= 15 is 28.8 Å². The van der Waals surface area contributed by atoms with Gasteiger partial charge in [0.25, 0.3) is 0 Å². The fraction of sp³-hybridized carbons (Fsp3) is 0.567. The first kappa shape index (κ1) is 116. The number of hydrogen-bond donors (Lipinski definition) is 22. The minimum absolute atomic E-state index is 0.0767. The molecule has 42 nitrogen and oxygen atoms in total. The summed E-state index contributed by atoms with van der Waals surface area (Å²) in [6.07, 6.45) is 2.79. The van der Waals surface area contributed by atoms with Crippen molar-refractivity contribution in [1.82, 2.24) is 90.3 Å². The Morgan fingerprint density at radius 2 is 1.12 bits per heavy atom. The number of carbonyl (C=O) groups excluding carboxylic acids is 19. The van der Waals surface area contributed by atoms with Gasteiger partial charge in [0.15, 0.2) is 0 Å². The topological polar surface area (TPSA) is 662 Å². The maximum atomic E-state index is 15.6. The predicted octanol–water partition coefficient (Wildman–Crippen LogP) is 0.385. The third-order valence-corrected chi connectivity index (χ3v) is 23.8. The van der Waals surface area contributed by atoms with Gasteiger partial charge in [-0.25, -0.2) is 10.9 Å². The van der Waals surface area contributed by atoms with Gasteiger partial charge in [-0.3, -0.25) is 95.9 Å². The Kier molecular flexibility index (Phi) is 46.3. The summed E-state index contributed by atoms with van der Waals surface area (Å²) >= 11 is 0. The standard InChI is InChI=1S/C97H143N19O23/c1-52(2)45-65-51-101-69(39-41-75(98)120)81(126)79(124)55(6)103-87(132)74(49-64-50-100-68-34-28-27-33-67(64)68)109-88(133)72(48-63-35-37-66(119)38-36-63)108-86(131)70(40-42-76(121)122)111-94(139)97(16,114-90(135)73(47-62-31-25-24-26-32-62)110-91(136)77(60(11)117)112-89(134)71(46-53(3)4)107-61(12)118)44-30-23-21-19-17-18-20-22-29-43-96(15,113-85(65)130)93(138)106-59(10)83(128)102-54(5)78(123)80(125)56(7)115-116-95(13,14)92(137)105-58(9)84(129)104-57(8)82(99)127/h18,20,24-28,31-38,50,52-60,65,69-74,77,100-101,115-117,119H,17,19,21-23,29-30,39-49,51H2,1-16H3,(H2,98,120)(H2,99,127)(H,102,128)(H,103,132)(H,104,129)(H,105,137)(H,106,138)(H,107,118)(H,108,131)(H,109,133)(H,110,136)(H,111,139)(H,112,134)(H,113,130)(H,114,135)(H,121,122)/b20-18+/t54-,55-,56-,57+,58?,59?,60+,65+,69-,70-,71-,72?,73-,74-,77-,96-,97+/m0/s1. The summed E-state index contributed by atoms with van der Waals surface area (Å²) in [7, 11) is 0. The molecule has 15 amide bonds. The first-order chi connectivity index (χ1) is 65.1. The first-order valence-corrected chi connectivity index (χ1v) is 47.0. The van der Waals surface area contributed by atoms with Crippen LogP contribution in [-0.2, 0) is 115 Å². The van der Waals surface area contributed by atoms with Crippen LogP contribution < -0.4 is 96.8 Å². The van der Waals surface area contributed by atoms with Crippen molar-refractivity contribution in [1.29, 1.82) is 0 Å². The van der Waals surface area contributed by atoms with Gasteiger partial charge in [-0.1, -0.05) is 120 Å². The number of ketones is 4. The number of aliphatic carboxylic acids is 1. The average Bonchev–Trinajstić information content (AvgIpc) is 1.72. The van der Waals surface area contributed by atoms with Crippen LogP contribution in [0.2, 0.25) is 0 Å². The number of rotatable bonds is 39. The molecule has 0 bridgehead atoms. The number of aliphatic hydroxyl groups is 1. The highest BCUT2D eigenvalue weighted by Crippen LogP contribution is 2.25. The van der Waals surface area contributed by atoms with Crippen LogP contribution in [-0.4, -0.2) is 246 Å². The van der Waals surface area contributed by atoms with Crippen molar-refractivity contribution in [3.63, 3.8) is 0 Å². The molecule has 5 rings (SSSR count). The van der Waals surface area contributed by atoms with Crippen molar-refractivity contribution in [3.8, 4) is 5.75 Å². The van der Waals surface area contributed by atoms with Crippen LogP contribution in [0.4, 0.5) is 0 Å². The van der Waals surface area contributed by atoms with Crippen LogP contribution in [0.5, 0.6) is 5.75 Å². The fourth-order valence-electron chi connectivity index (χ4n) is 15.3. The number of nitrogens with two attached hydrogens (primary N) is 2. The van der Waals surface area contributed by atoms with E-state index in [1.165, 1.54) is 107 Å². The number of para-hydroxylation sites is 1. The summed E-state index contributed by atoms with van der Waals surface area (Å²) in [4.78, 5) is 284. The average molecular weight is 1940 g/mol. The quantitative estimate of drug-likeness (QED) is 0.0163. The number of aliphatic hydroxyl groups excluding tert-OH is 1. The summed E-state index contributed by atoms with van der Waals surface area (Å²) in [5.74, 6) is -21.2. The number of phenolic OH excluding ortho intramolecular Hbond substituents is 1. The number of hydrogen-bond acceptors (Lipinski definition) is 25. The van der Waals surface area contributed by atoms with Gasteiger partial charge in [-0.05, 0) is 187 Å². The van der Waals surface area contributed by atoms with Crippen LogP contribution in [0, 0.1) is 17.8 Å². The van der Waals surface area contributed by atoms with E-state index in [1.807, 2.05) is 12.2 Å². The highest BCUT2D eigenvalue weighted by molar-refractivity contribution is 6.41. The number of fused-ring (bicyclic) bond motifs is 1. The van der Waals surface area contributed by atoms with E-state index in [4.69, 9.17) is 11.5 Å². The van der Waals surface area contributed by atoms with Gasteiger partial charge in [-0.2, -0.15) is 0 Å². The lowest BCUT2D eigenvalue weighted by Crippen LogP contribution is -2.65. The van der Waals surface area contributed by atoms with Crippen LogP contribution >= 0.6 is 0 Å². The van der Waals surface area contributed by atoms with Crippen molar-refractivity contribution in [2.24, 2.45) is 29.2 Å². The van der Waals surface area contributed by atoms with Crippen LogP contribution in [0.1, 0.15) is 224 Å². The first-order valence-electron chi connectivity index (χ1n) is 47.0. The zero-order valence-electron chi connectivity index (χ0n) is 82.1. The van der Waals surface area contributed by atoms with Gasteiger partial charge in [0, 0.05) is 62.7 Å². The zero-order chi connectivity index (χ0) is 104. The number of primary amides is 2. The van der Waals surface area contributed by atoms with Gasteiger partial charge >= 0.3 is 5.97 Å². The number of carboxylic acid groups (broad SMARTS) is 1. The molecule has 24 N–H and O–H groups in total. The third kappa shape index (κ3) is 38.2. The summed E-state index contributed by atoms with van der Waals surface area (Å²) in [5, 5.41) is 69.1. The van der Waals surface area contributed by atoms with E-state index in [0.717, 1.165) is 0 Å². The number of carboxylic acids is 1. The number of aromatic hydroxyl groups is 1. The number of aromatic amines is 1. The predicted molar refractivity (Wildman–Crippen MR) is 513 cm³/mol. The lowest BCUT2D eigenvalue weighted by atomic mass is 9.89. The van der Waals surface area contributed by atoms with Gasteiger partial charge in [0.2, 0.25) is 112 Å². The number of allylic oxidation sites excluding steroid dienone is 2. The van der Waals surface area contributed by atoms with Crippen LogP contribution in [0.15, 0.2) is 97.2 Å². The molecule has 3 aromatic carbocycles. The Labute approximate surface area is 809 Å². The molecular formula is C97H143N19O23. The van der Waals surface area contributed by atoms with E-state index in [2.05, 4.69) is 90.3 Å². The van der Waals surface area contributed by atoms with E-state index in [9.17, 15) is 82.4 Å². The largest absolute Gasteiger partial charge is 0.508 e. The molecule has 0 aliphatic carbocycles. The molecule has 139 heavy (non-hydrogen) atoms. The van der Waals surface area contributed by atoms with Gasteiger partial charge in [0.1, 0.15) is 76.7 Å². The summed E-state index contributed by atoms with van der Waals surface area (Å²) in [6.45, 7) is 22.5. The number of Topliss-reactive ketones (excluding diaryl/α,β-unsaturated/α-hetero) is 4. The third-order valence-electron chi connectivity index (χ3n) is 23.8. The van der Waals surface area contributed by atoms with Crippen LogP contribution in [0.25, 0.3) is 10.9 Å². The minimum Gasteiger partial charge on any atom is -0.508 e. The summed E-state index contributed by atoms with van der Waals surface area (Å²) in [5.41, 5.74) is 12.5. The van der Waals surface area contributed by atoms with Gasteiger partial charge in [-0.15, -0.1) is 0 Å². The van der Waals surface area contributed by atoms with E-state index in [-0.39, 0.29) is 75.5 Å². The van der Waals surface area contributed by atoms with E-state index in [1.54, 1.807) is 88.5 Å². The molecule has 1 aliphatic heterocycles. The SMILES string of the molecule is CC(=O)N[C@@H](CC(C)C)C(=O)N[C@H](C(=O)N[C@@H](Cc1ccccc1)C(=O)N[C@]1(C)CCCCCC/C=C/CCC[C@@](C)(C(=O)NC(C)C(=O)N[C@@H](C)C(=O)C(=O)[C@H](C)NNC(C)(C)C(=O)NC(C)C(=O)N[C@H](C)C(N)=O)NC(=O)[C@H](CC(C)C)CN[C@@H](CCC(N)=O)C(=O)C(=O)[C@H](C)NC(=O)[C@H](Cc2c[nH]c3ccccc23)NC(=O)C(Cc2ccc(O)cc2)NC(=O)[C@H](CCC(=O)O)NC1=O)[C@@H](C)O. The van der Waals surface area contributed by atoms with Crippen molar-refractivity contribution < 1.29 is 111 Å². The maximum absolute atomic E-state index is 15.6. The van der Waals surface area contributed by atoms with E-state index < -0.39 is 257 Å². The molecule has 0 fully saturated rings. The maximum Gasteiger partial charge on any atom is 0.303 e. The second-order valence-electron chi connectivity index (χ2n) is 37.7.